The van der Waals surface area contributed by atoms with E-state index in [1.807, 2.05) is 28.6 Å². The number of carbonyl (C=O) groups is 1. The highest BCUT2D eigenvalue weighted by Crippen LogP contribution is 2.34. The van der Waals surface area contributed by atoms with E-state index in [1.54, 1.807) is 12.1 Å². The smallest absolute Gasteiger partial charge is 0.307 e. The number of carboxylic acid groups (broad SMARTS) is 1. The summed E-state index contributed by atoms with van der Waals surface area (Å²) in [6.07, 6.45) is 4.10. The number of oxazole rings is 1. The number of aliphatic carboxylic acids is 1. The molecular formula is C22H19ClFN3O3. The zero-order valence-corrected chi connectivity index (χ0v) is 17.0. The van der Waals surface area contributed by atoms with Gasteiger partial charge in [0.1, 0.15) is 11.3 Å². The first kappa shape index (κ1) is 18.9. The fourth-order valence-corrected chi connectivity index (χ4v) is 4.61. The monoisotopic (exact) mass is 427 g/mol. The molecule has 8 heteroatoms. The standard InChI is InChI=1S/C22H19ClFN3O3/c1-26(22-25-17-8-13(24)3-7-20(17)30-22)14-4-5-15-16(10-21(28)29)18-6-2-12(23)11-27(18)19(15)9-14/h2-3,6-8,11,14H,4-5,9-10H2,1H3,(H,28,29). The number of rotatable bonds is 4. The molecule has 30 heavy (non-hydrogen) atoms. The van der Waals surface area contributed by atoms with Gasteiger partial charge in [0.2, 0.25) is 0 Å². The molecule has 0 aliphatic heterocycles. The minimum absolute atomic E-state index is 0.0162. The first-order valence-electron chi connectivity index (χ1n) is 9.71. The summed E-state index contributed by atoms with van der Waals surface area (Å²) in [6, 6.07) is 8.50. The van der Waals surface area contributed by atoms with E-state index in [2.05, 4.69) is 4.98 Å². The summed E-state index contributed by atoms with van der Waals surface area (Å²) < 4.78 is 21.3. The van der Waals surface area contributed by atoms with E-state index < -0.39 is 5.97 Å². The highest BCUT2D eigenvalue weighted by molar-refractivity contribution is 6.30. The van der Waals surface area contributed by atoms with Gasteiger partial charge in [-0.25, -0.2) is 4.39 Å². The highest BCUT2D eigenvalue weighted by atomic mass is 35.5. The summed E-state index contributed by atoms with van der Waals surface area (Å²) in [6.45, 7) is 0. The van der Waals surface area contributed by atoms with Gasteiger partial charge in [-0.3, -0.25) is 4.79 Å². The molecule has 0 radical (unpaired) electrons. The predicted octanol–water partition coefficient (Wildman–Crippen LogP) is 4.49. The molecule has 0 amide bonds. The van der Waals surface area contributed by atoms with Gasteiger partial charge in [0.25, 0.3) is 6.01 Å². The zero-order chi connectivity index (χ0) is 21.0. The molecule has 1 unspecified atom stereocenters. The molecule has 1 aliphatic rings. The molecule has 5 rings (SSSR count). The van der Waals surface area contributed by atoms with E-state index in [0.717, 1.165) is 35.2 Å². The van der Waals surface area contributed by atoms with Crippen LogP contribution in [0.4, 0.5) is 10.4 Å². The molecule has 0 bridgehead atoms. The molecule has 1 aliphatic carbocycles. The number of carboxylic acids is 1. The van der Waals surface area contributed by atoms with Crippen molar-refractivity contribution in [2.75, 3.05) is 11.9 Å². The normalized spacial score (nSPS) is 16.2. The van der Waals surface area contributed by atoms with E-state index in [4.69, 9.17) is 16.0 Å². The molecule has 0 spiro atoms. The molecule has 1 N–H and O–H groups in total. The van der Waals surface area contributed by atoms with E-state index >= 15 is 0 Å². The Bertz CT molecular complexity index is 1300. The van der Waals surface area contributed by atoms with Gasteiger partial charge in [-0.2, -0.15) is 4.98 Å². The van der Waals surface area contributed by atoms with Crippen LogP contribution in [0.3, 0.4) is 0 Å². The number of likely N-dealkylation sites (N-methyl/N-ethyl adjacent to an activating group) is 1. The first-order valence-corrected chi connectivity index (χ1v) is 10.1. The lowest BCUT2D eigenvalue weighted by Gasteiger charge is -2.30. The van der Waals surface area contributed by atoms with Crippen molar-refractivity contribution >= 4 is 40.2 Å². The van der Waals surface area contributed by atoms with Crippen LogP contribution in [0.15, 0.2) is 40.9 Å². The van der Waals surface area contributed by atoms with Gasteiger partial charge in [-0.1, -0.05) is 11.6 Å². The molecule has 6 nitrogen and oxygen atoms in total. The summed E-state index contributed by atoms with van der Waals surface area (Å²) in [7, 11) is 1.91. The third-order valence-electron chi connectivity index (χ3n) is 5.90. The van der Waals surface area contributed by atoms with Crippen molar-refractivity contribution in [1.82, 2.24) is 9.38 Å². The number of hydrogen-bond acceptors (Lipinski definition) is 4. The Kier molecular flexibility index (Phi) is 4.43. The third-order valence-corrected chi connectivity index (χ3v) is 6.12. The second-order valence-electron chi connectivity index (χ2n) is 7.69. The van der Waals surface area contributed by atoms with Crippen molar-refractivity contribution in [3.63, 3.8) is 0 Å². The Morgan fingerprint density at radius 1 is 1.40 bits per heavy atom. The topological polar surface area (TPSA) is 71.0 Å². The fraction of sp³-hybridized carbons (Fsp3) is 0.273. The van der Waals surface area contributed by atoms with Crippen molar-refractivity contribution in [3.8, 4) is 0 Å². The minimum Gasteiger partial charge on any atom is -0.481 e. The Morgan fingerprint density at radius 3 is 3.03 bits per heavy atom. The van der Waals surface area contributed by atoms with Crippen LogP contribution in [0.1, 0.15) is 23.2 Å². The summed E-state index contributed by atoms with van der Waals surface area (Å²) in [4.78, 5) is 17.9. The van der Waals surface area contributed by atoms with Crippen molar-refractivity contribution in [3.05, 3.63) is 64.2 Å². The second-order valence-corrected chi connectivity index (χ2v) is 8.13. The quantitative estimate of drug-likeness (QED) is 0.519. The number of benzene rings is 1. The summed E-state index contributed by atoms with van der Waals surface area (Å²) in [5, 5.41) is 9.98. The molecule has 0 saturated carbocycles. The fourth-order valence-electron chi connectivity index (χ4n) is 4.45. The van der Waals surface area contributed by atoms with Gasteiger partial charge in [-0.05, 0) is 48.2 Å². The van der Waals surface area contributed by atoms with E-state index in [1.165, 1.54) is 12.1 Å². The molecule has 4 aromatic rings. The molecule has 1 atom stereocenters. The average Bonchev–Trinajstić information content (AvgIpc) is 3.26. The van der Waals surface area contributed by atoms with Crippen LogP contribution in [0.25, 0.3) is 16.6 Å². The van der Waals surface area contributed by atoms with Crippen LogP contribution in [-0.4, -0.2) is 33.6 Å². The first-order chi connectivity index (χ1) is 14.4. The Balaban J connectivity index is 1.52. The molecule has 3 heterocycles. The van der Waals surface area contributed by atoms with Crippen molar-refractivity contribution in [1.29, 1.82) is 0 Å². The summed E-state index contributed by atoms with van der Waals surface area (Å²) in [5.41, 5.74) is 4.91. The van der Waals surface area contributed by atoms with Crippen LogP contribution in [0.2, 0.25) is 5.02 Å². The Labute approximate surface area is 176 Å². The van der Waals surface area contributed by atoms with Crippen molar-refractivity contribution < 1.29 is 18.7 Å². The SMILES string of the molecule is CN(c1nc2cc(F)ccc2o1)C1CCc2c(CC(=O)O)c3ccc(Cl)cn3c2C1. The molecule has 154 valence electrons. The van der Waals surface area contributed by atoms with Crippen LogP contribution >= 0.6 is 11.6 Å². The van der Waals surface area contributed by atoms with Crippen LogP contribution < -0.4 is 4.90 Å². The maximum absolute atomic E-state index is 13.5. The Hall–Kier alpha value is -3.06. The van der Waals surface area contributed by atoms with Gasteiger partial charge < -0.3 is 18.8 Å². The van der Waals surface area contributed by atoms with Crippen molar-refractivity contribution in [2.24, 2.45) is 0 Å². The van der Waals surface area contributed by atoms with Crippen molar-refractivity contribution in [2.45, 2.75) is 31.7 Å². The minimum atomic E-state index is -0.849. The van der Waals surface area contributed by atoms with Crippen LogP contribution in [0, 0.1) is 5.82 Å². The second kappa shape index (κ2) is 7.02. The number of aromatic nitrogens is 2. The van der Waals surface area contributed by atoms with Gasteiger partial charge in [0, 0.05) is 43.0 Å². The number of hydrogen-bond donors (Lipinski definition) is 1. The number of nitrogens with zero attached hydrogens (tertiary/aromatic N) is 3. The van der Waals surface area contributed by atoms with Crippen LogP contribution in [-0.2, 0) is 24.1 Å². The maximum Gasteiger partial charge on any atom is 0.307 e. The summed E-state index contributed by atoms with van der Waals surface area (Å²) in [5.74, 6) is -1.20. The number of pyridine rings is 1. The molecule has 3 aromatic heterocycles. The lowest BCUT2D eigenvalue weighted by molar-refractivity contribution is -0.136. The molecule has 1 aromatic carbocycles. The maximum atomic E-state index is 13.5. The van der Waals surface area contributed by atoms with Gasteiger partial charge >= 0.3 is 5.97 Å². The van der Waals surface area contributed by atoms with Crippen LogP contribution in [0.5, 0.6) is 0 Å². The average molecular weight is 428 g/mol. The number of anilines is 1. The predicted molar refractivity (Wildman–Crippen MR) is 112 cm³/mol. The van der Waals surface area contributed by atoms with Gasteiger partial charge in [-0.15, -0.1) is 0 Å². The zero-order valence-electron chi connectivity index (χ0n) is 16.2. The van der Waals surface area contributed by atoms with Gasteiger partial charge in [0.05, 0.1) is 11.4 Å². The largest absolute Gasteiger partial charge is 0.481 e. The van der Waals surface area contributed by atoms with E-state index in [9.17, 15) is 14.3 Å². The number of halogens is 2. The number of fused-ring (bicyclic) bond motifs is 4. The summed E-state index contributed by atoms with van der Waals surface area (Å²) >= 11 is 6.23. The lowest BCUT2D eigenvalue weighted by atomic mass is 9.89. The van der Waals surface area contributed by atoms with Gasteiger partial charge in [0.15, 0.2) is 5.58 Å². The van der Waals surface area contributed by atoms with E-state index in [-0.39, 0.29) is 18.3 Å². The molecule has 0 fully saturated rings. The Morgan fingerprint density at radius 2 is 2.23 bits per heavy atom. The van der Waals surface area contributed by atoms with E-state index in [0.29, 0.717) is 28.6 Å². The highest BCUT2D eigenvalue weighted by Gasteiger charge is 2.30. The molecular weight excluding hydrogens is 409 g/mol. The molecule has 0 saturated heterocycles. The third kappa shape index (κ3) is 3.10. The lowest BCUT2D eigenvalue weighted by Crippen LogP contribution is -2.37.